The normalized spacial score (nSPS) is 28.4. The molecule has 6 nitrogen and oxygen atoms in total. The van der Waals surface area contributed by atoms with Crippen LogP contribution in [0.4, 0.5) is 4.39 Å². The smallest absolute Gasteiger partial charge is 0.234 e. The van der Waals surface area contributed by atoms with Gasteiger partial charge in [0.1, 0.15) is 11.9 Å². The van der Waals surface area contributed by atoms with Gasteiger partial charge in [0.05, 0.1) is 28.6 Å². The number of imide groups is 1. The van der Waals surface area contributed by atoms with Crippen LogP contribution in [0, 0.1) is 24.2 Å². The molecule has 4 atom stereocenters. The Hall–Kier alpha value is -2.55. The molecule has 2 amide bonds. The number of piperidine rings is 1. The summed E-state index contributed by atoms with van der Waals surface area (Å²) in [5, 5.41) is 0.561. The summed E-state index contributed by atoms with van der Waals surface area (Å²) < 4.78 is 22.8. The lowest BCUT2D eigenvalue weighted by Crippen LogP contribution is -2.38. The van der Waals surface area contributed by atoms with E-state index in [1.54, 1.807) is 13.1 Å². The molecule has 1 saturated carbocycles. The Morgan fingerprint density at radius 2 is 1.87 bits per heavy atom. The summed E-state index contributed by atoms with van der Waals surface area (Å²) in [5.41, 5.74) is 1.54. The number of rotatable bonds is 6. The molecule has 3 fully saturated rings. The van der Waals surface area contributed by atoms with Crippen LogP contribution in [0.25, 0.3) is 21.3 Å². The zero-order valence-electron chi connectivity index (χ0n) is 22.2. The summed E-state index contributed by atoms with van der Waals surface area (Å²) in [5.74, 6) is 0.0450. The summed E-state index contributed by atoms with van der Waals surface area (Å²) in [6, 6.07) is 7.53. The Morgan fingerprint density at radius 1 is 1.16 bits per heavy atom. The average molecular weight is 556 g/mol. The Kier molecular flexibility index (Phi) is 5.91. The number of halogens is 2. The Balaban J connectivity index is 1.36. The fraction of sp³-hybridized carbons (Fsp3) is 0.483. The highest BCUT2D eigenvalue weighted by Gasteiger charge is 2.72. The monoisotopic (exact) mass is 555 g/mol. The molecule has 0 radical (unpaired) electrons. The number of likely N-dealkylation sites (N-methyl/N-ethyl adjacent to an activating group) is 1. The number of likely N-dealkylation sites (tertiary alicyclic amines) is 2. The predicted molar refractivity (Wildman–Crippen MR) is 147 cm³/mol. The van der Waals surface area contributed by atoms with E-state index in [0.29, 0.717) is 23.9 Å². The molecule has 200 valence electrons. The van der Waals surface area contributed by atoms with Crippen molar-refractivity contribution in [2.45, 2.75) is 52.9 Å². The largest absolute Gasteiger partial charge is 0.485 e. The molecule has 1 aromatic carbocycles. The second kappa shape index (κ2) is 8.73. The first kappa shape index (κ1) is 25.7. The number of thiophene rings is 1. The van der Waals surface area contributed by atoms with Crippen molar-refractivity contribution in [2.24, 2.45) is 17.3 Å². The number of pyridine rings is 1. The van der Waals surface area contributed by atoms with E-state index in [-0.39, 0.29) is 35.6 Å². The number of alkyl halides is 1. The van der Waals surface area contributed by atoms with Crippen LogP contribution >= 0.6 is 22.9 Å². The highest BCUT2D eigenvalue weighted by Crippen LogP contribution is 2.63. The van der Waals surface area contributed by atoms with E-state index >= 15 is 4.39 Å². The van der Waals surface area contributed by atoms with Crippen LogP contribution < -0.4 is 4.74 Å². The lowest BCUT2D eigenvalue weighted by molar-refractivity contribution is -0.143. The molecule has 6 rings (SSSR count). The standard InChI is InChI=1S/C29H31ClFN3O3S/c1-6-33-13-21(29(5,31)14-33)37-24-15(2)9-16(30)10-19(24)18-7-8-32-20-11-17(38-25(18)20)12-34-26(35)22-23(27(34)36)28(22,3)4/h7-11,21-23H,6,12-14H2,1-5H3. The first-order valence-corrected chi connectivity index (χ1v) is 14.2. The van der Waals surface area contributed by atoms with Gasteiger partial charge in [-0.2, -0.15) is 0 Å². The van der Waals surface area contributed by atoms with Gasteiger partial charge in [-0.05, 0) is 55.6 Å². The molecule has 3 aromatic rings. The second-order valence-electron chi connectivity index (χ2n) is 11.6. The maximum Gasteiger partial charge on any atom is 0.234 e. The summed E-state index contributed by atoms with van der Waals surface area (Å²) in [7, 11) is 0. The first-order chi connectivity index (χ1) is 17.9. The lowest BCUT2D eigenvalue weighted by atomic mass is 10.0. The molecule has 0 spiro atoms. The molecule has 2 aliphatic heterocycles. The van der Waals surface area contributed by atoms with Gasteiger partial charge in [0.2, 0.25) is 11.8 Å². The Bertz CT molecular complexity index is 1460. The van der Waals surface area contributed by atoms with Crippen molar-refractivity contribution in [3.63, 3.8) is 0 Å². The number of benzene rings is 1. The summed E-state index contributed by atoms with van der Waals surface area (Å²) >= 11 is 8.00. The average Bonchev–Trinajstić information content (AvgIpc) is 3.12. The van der Waals surface area contributed by atoms with Crippen molar-refractivity contribution in [3.05, 3.63) is 45.9 Å². The summed E-state index contributed by atoms with van der Waals surface area (Å²) in [4.78, 5) is 34.7. The molecule has 0 bridgehead atoms. The van der Waals surface area contributed by atoms with E-state index in [0.717, 1.165) is 38.3 Å². The second-order valence-corrected chi connectivity index (χ2v) is 13.2. The maximum absolute atomic E-state index is 15.5. The topological polar surface area (TPSA) is 62.7 Å². The van der Waals surface area contributed by atoms with Gasteiger partial charge in [-0.25, -0.2) is 4.39 Å². The highest BCUT2D eigenvalue weighted by molar-refractivity contribution is 7.19. The summed E-state index contributed by atoms with van der Waals surface area (Å²) in [6.07, 6.45) is 1.12. The maximum atomic E-state index is 15.5. The van der Waals surface area contributed by atoms with E-state index in [2.05, 4.69) is 9.88 Å². The van der Waals surface area contributed by atoms with Crippen molar-refractivity contribution < 1.29 is 18.7 Å². The zero-order valence-corrected chi connectivity index (χ0v) is 23.8. The minimum atomic E-state index is -1.48. The van der Waals surface area contributed by atoms with E-state index < -0.39 is 11.8 Å². The number of ether oxygens (including phenoxy) is 1. The fourth-order valence-corrected chi connectivity index (χ4v) is 7.65. The van der Waals surface area contributed by atoms with Crippen LogP contribution in [0.2, 0.25) is 5.02 Å². The van der Waals surface area contributed by atoms with E-state index in [1.165, 1.54) is 16.2 Å². The molecule has 3 aliphatic rings. The number of hydrogen-bond acceptors (Lipinski definition) is 6. The van der Waals surface area contributed by atoms with Crippen LogP contribution in [-0.2, 0) is 16.1 Å². The van der Waals surface area contributed by atoms with Crippen LogP contribution in [0.3, 0.4) is 0 Å². The van der Waals surface area contributed by atoms with Gasteiger partial charge in [0.25, 0.3) is 0 Å². The van der Waals surface area contributed by atoms with Crippen molar-refractivity contribution in [1.29, 1.82) is 0 Å². The quantitative estimate of drug-likeness (QED) is 0.356. The Morgan fingerprint density at radius 3 is 2.53 bits per heavy atom. The molecule has 2 saturated heterocycles. The molecular weight excluding hydrogens is 525 g/mol. The molecule has 0 N–H and O–H groups in total. The molecule has 4 unspecified atom stereocenters. The van der Waals surface area contributed by atoms with Crippen molar-refractivity contribution in [1.82, 2.24) is 14.8 Å². The van der Waals surface area contributed by atoms with E-state index in [1.807, 2.05) is 52.0 Å². The molecular formula is C29H31ClFN3O3S. The number of aryl methyl sites for hydroxylation is 1. The molecule has 9 heteroatoms. The zero-order chi connectivity index (χ0) is 27.1. The third-order valence-corrected chi connectivity index (χ3v) is 9.89. The van der Waals surface area contributed by atoms with Crippen molar-refractivity contribution >= 4 is 45.0 Å². The first-order valence-electron chi connectivity index (χ1n) is 13.0. The minimum absolute atomic E-state index is 0.0799. The number of nitrogens with zero attached hydrogens (tertiary/aromatic N) is 3. The Labute approximate surface area is 230 Å². The van der Waals surface area contributed by atoms with Gasteiger partial charge in [-0.15, -0.1) is 11.3 Å². The van der Waals surface area contributed by atoms with Gasteiger partial charge >= 0.3 is 0 Å². The fourth-order valence-electron chi connectivity index (χ4n) is 6.25. The molecule has 4 heterocycles. The van der Waals surface area contributed by atoms with E-state index in [9.17, 15) is 9.59 Å². The van der Waals surface area contributed by atoms with Crippen molar-refractivity contribution in [3.8, 4) is 16.9 Å². The molecule has 1 aliphatic carbocycles. The van der Waals surface area contributed by atoms with Gasteiger partial charge < -0.3 is 4.74 Å². The number of carbonyl (C=O) groups excluding carboxylic acids is 2. The predicted octanol–water partition coefficient (Wildman–Crippen LogP) is 5.88. The van der Waals surface area contributed by atoms with Crippen LogP contribution in [0.1, 0.15) is 38.1 Å². The third kappa shape index (κ3) is 3.95. The van der Waals surface area contributed by atoms with Crippen LogP contribution in [0.15, 0.2) is 30.5 Å². The van der Waals surface area contributed by atoms with Gasteiger partial charge in [0.15, 0.2) is 5.67 Å². The number of fused-ring (bicyclic) bond motifs is 2. The molecule has 38 heavy (non-hydrogen) atoms. The van der Waals surface area contributed by atoms with Gasteiger partial charge in [-0.3, -0.25) is 24.4 Å². The highest BCUT2D eigenvalue weighted by atomic mass is 35.5. The lowest BCUT2D eigenvalue weighted by Gasteiger charge is -2.25. The molecule has 2 aromatic heterocycles. The third-order valence-electron chi connectivity index (χ3n) is 8.53. The van der Waals surface area contributed by atoms with E-state index in [4.69, 9.17) is 16.3 Å². The van der Waals surface area contributed by atoms with Crippen molar-refractivity contribution in [2.75, 3.05) is 19.6 Å². The van der Waals surface area contributed by atoms with Gasteiger partial charge in [0, 0.05) is 40.3 Å². The number of amides is 2. The number of aromatic nitrogens is 1. The summed E-state index contributed by atoms with van der Waals surface area (Å²) in [6.45, 7) is 11.3. The minimum Gasteiger partial charge on any atom is -0.485 e. The number of carbonyl (C=O) groups is 2. The SMILES string of the molecule is CCN1CC(Oc2c(C)cc(Cl)cc2-c2ccnc3cc(CN4C(=O)C5C(C4=O)C5(C)C)sc23)C(C)(F)C1. The van der Waals surface area contributed by atoms with Crippen LogP contribution in [-0.4, -0.2) is 58.0 Å². The van der Waals surface area contributed by atoms with Crippen LogP contribution in [0.5, 0.6) is 5.75 Å². The van der Waals surface area contributed by atoms with Gasteiger partial charge in [-0.1, -0.05) is 32.4 Å². The number of hydrogen-bond donors (Lipinski definition) is 0.